The second kappa shape index (κ2) is 7.72. The number of aliphatic hydroxyl groups is 1. The maximum absolute atomic E-state index is 9.03. The van der Waals surface area contributed by atoms with Crippen molar-refractivity contribution in [3.8, 4) is 5.69 Å². The predicted molar refractivity (Wildman–Crippen MR) is 91.3 cm³/mol. The summed E-state index contributed by atoms with van der Waals surface area (Å²) in [5, 5.41) is 16.9. The highest BCUT2D eigenvalue weighted by atomic mass is 16.3. The summed E-state index contributed by atoms with van der Waals surface area (Å²) in [7, 11) is 0. The lowest BCUT2D eigenvalue weighted by molar-refractivity contribution is 0.282. The zero-order valence-electron chi connectivity index (χ0n) is 13.0. The van der Waals surface area contributed by atoms with Crippen molar-refractivity contribution in [3.05, 3.63) is 83.7 Å². The van der Waals surface area contributed by atoms with Crippen LogP contribution in [-0.4, -0.2) is 21.4 Å². The highest BCUT2D eigenvalue weighted by molar-refractivity contribution is 5.30. The molecule has 0 aliphatic rings. The highest BCUT2D eigenvalue weighted by Crippen LogP contribution is 2.08. The predicted octanol–water partition coefficient (Wildman–Crippen LogP) is 2.70. The summed E-state index contributed by atoms with van der Waals surface area (Å²) < 4.78 is 1.89. The van der Waals surface area contributed by atoms with Crippen molar-refractivity contribution in [2.45, 2.75) is 19.6 Å². The molecule has 3 aromatic rings. The number of hydrogen-bond acceptors (Lipinski definition) is 3. The van der Waals surface area contributed by atoms with Crippen molar-refractivity contribution in [2.75, 3.05) is 6.54 Å². The maximum Gasteiger partial charge on any atom is 0.0681 e. The molecule has 3 rings (SSSR count). The van der Waals surface area contributed by atoms with E-state index >= 15 is 0 Å². The number of benzene rings is 2. The molecule has 2 N–H and O–H groups in total. The number of hydrogen-bond donors (Lipinski definition) is 2. The molecule has 4 nitrogen and oxygen atoms in total. The SMILES string of the molecule is OCc1ccc(CCNCc2cnn(-c3ccccc3)c2)cc1. The summed E-state index contributed by atoms with van der Waals surface area (Å²) in [4.78, 5) is 0. The van der Waals surface area contributed by atoms with Crippen LogP contribution in [0, 0.1) is 0 Å². The summed E-state index contributed by atoms with van der Waals surface area (Å²) in [5.74, 6) is 0. The molecule has 0 unspecified atom stereocenters. The van der Waals surface area contributed by atoms with Crippen LogP contribution in [-0.2, 0) is 19.6 Å². The third-order valence-electron chi connectivity index (χ3n) is 3.78. The summed E-state index contributed by atoms with van der Waals surface area (Å²) >= 11 is 0. The van der Waals surface area contributed by atoms with Gasteiger partial charge in [0.25, 0.3) is 0 Å². The maximum atomic E-state index is 9.03. The van der Waals surface area contributed by atoms with E-state index in [1.54, 1.807) is 0 Å². The highest BCUT2D eigenvalue weighted by Gasteiger charge is 2.00. The second-order valence-electron chi connectivity index (χ2n) is 5.53. The molecule has 0 fully saturated rings. The molecule has 2 aromatic carbocycles. The van der Waals surface area contributed by atoms with E-state index in [0.29, 0.717) is 0 Å². The molecule has 118 valence electrons. The molecule has 0 amide bonds. The number of para-hydroxylation sites is 1. The van der Waals surface area contributed by atoms with E-state index in [1.807, 2.05) is 53.3 Å². The molecule has 0 spiro atoms. The normalized spacial score (nSPS) is 10.8. The number of rotatable bonds is 7. The largest absolute Gasteiger partial charge is 0.392 e. The van der Waals surface area contributed by atoms with Gasteiger partial charge in [-0.15, -0.1) is 0 Å². The van der Waals surface area contributed by atoms with Gasteiger partial charge in [0.2, 0.25) is 0 Å². The topological polar surface area (TPSA) is 50.1 Å². The van der Waals surface area contributed by atoms with E-state index in [2.05, 4.69) is 28.7 Å². The lowest BCUT2D eigenvalue weighted by Gasteiger charge is -2.04. The third kappa shape index (κ3) is 4.28. The molecule has 0 aliphatic carbocycles. The lowest BCUT2D eigenvalue weighted by atomic mass is 10.1. The fraction of sp³-hybridized carbons (Fsp3) is 0.211. The van der Waals surface area contributed by atoms with E-state index in [1.165, 1.54) is 11.1 Å². The number of nitrogens with zero attached hydrogens (tertiary/aromatic N) is 2. The minimum Gasteiger partial charge on any atom is -0.392 e. The van der Waals surface area contributed by atoms with Crippen molar-refractivity contribution in [1.82, 2.24) is 15.1 Å². The summed E-state index contributed by atoms with van der Waals surface area (Å²) in [5.41, 5.74) is 4.47. The Morgan fingerprint density at radius 1 is 0.913 bits per heavy atom. The fourth-order valence-corrected chi connectivity index (χ4v) is 2.45. The Morgan fingerprint density at radius 2 is 1.65 bits per heavy atom. The fourth-order valence-electron chi connectivity index (χ4n) is 2.45. The Balaban J connectivity index is 1.46. The summed E-state index contributed by atoms with van der Waals surface area (Å²) in [6, 6.07) is 18.2. The first kappa shape index (κ1) is 15.5. The lowest BCUT2D eigenvalue weighted by Crippen LogP contribution is -2.16. The van der Waals surface area contributed by atoms with E-state index in [0.717, 1.165) is 30.8 Å². The second-order valence-corrected chi connectivity index (χ2v) is 5.53. The number of aromatic nitrogens is 2. The molecule has 4 heteroatoms. The van der Waals surface area contributed by atoms with Gasteiger partial charge in [-0.3, -0.25) is 0 Å². The molecule has 0 atom stereocenters. The van der Waals surface area contributed by atoms with E-state index < -0.39 is 0 Å². The van der Waals surface area contributed by atoms with Crippen LogP contribution < -0.4 is 5.32 Å². The van der Waals surface area contributed by atoms with Crippen LogP contribution in [0.1, 0.15) is 16.7 Å². The molecule has 0 saturated carbocycles. The third-order valence-corrected chi connectivity index (χ3v) is 3.78. The first-order chi connectivity index (χ1) is 11.3. The quantitative estimate of drug-likeness (QED) is 0.660. The minimum atomic E-state index is 0.101. The van der Waals surface area contributed by atoms with Crippen molar-refractivity contribution in [3.63, 3.8) is 0 Å². The molecule has 1 aromatic heterocycles. The van der Waals surface area contributed by atoms with E-state index in [9.17, 15) is 0 Å². The average molecular weight is 307 g/mol. The molecule has 0 aliphatic heterocycles. The van der Waals surface area contributed by atoms with Gasteiger partial charge in [0, 0.05) is 18.3 Å². The summed E-state index contributed by atoms with van der Waals surface area (Å²) in [6.07, 6.45) is 4.92. The van der Waals surface area contributed by atoms with Gasteiger partial charge in [0.1, 0.15) is 0 Å². The van der Waals surface area contributed by atoms with Crippen molar-refractivity contribution >= 4 is 0 Å². The van der Waals surface area contributed by atoms with Crippen LogP contribution in [0.4, 0.5) is 0 Å². The molecule has 23 heavy (non-hydrogen) atoms. The van der Waals surface area contributed by atoms with Crippen LogP contribution in [0.2, 0.25) is 0 Å². The number of nitrogens with one attached hydrogen (secondary N) is 1. The van der Waals surface area contributed by atoms with Crippen LogP contribution in [0.15, 0.2) is 67.0 Å². The van der Waals surface area contributed by atoms with Gasteiger partial charge >= 0.3 is 0 Å². The Labute approximate surface area is 136 Å². The van der Waals surface area contributed by atoms with Gasteiger partial charge in [-0.05, 0) is 36.2 Å². The van der Waals surface area contributed by atoms with Gasteiger partial charge in [0.15, 0.2) is 0 Å². The summed E-state index contributed by atoms with van der Waals surface area (Å²) in [6.45, 7) is 1.82. The van der Waals surface area contributed by atoms with E-state index in [-0.39, 0.29) is 6.61 Å². The van der Waals surface area contributed by atoms with Gasteiger partial charge in [0.05, 0.1) is 18.5 Å². The monoisotopic (exact) mass is 307 g/mol. The van der Waals surface area contributed by atoms with Gasteiger partial charge in [-0.1, -0.05) is 42.5 Å². The molecule has 1 heterocycles. The van der Waals surface area contributed by atoms with Crippen molar-refractivity contribution < 1.29 is 5.11 Å². The van der Waals surface area contributed by atoms with Crippen molar-refractivity contribution in [1.29, 1.82) is 0 Å². The molecule has 0 bridgehead atoms. The molecule has 0 saturated heterocycles. The average Bonchev–Trinajstić information content (AvgIpc) is 3.09. The van der Waals surface area contributed by atoms with Gasteiger partial charge in [-0.2, -0.15) is 5.10 Å². The van der Waals surface area contributed by atoms with Gasteiger partial charge in [-0.25, -0.2) is 4.68 Å². The van der Waals surface area contributed by atoms with Crippen molar-refractivity contribution in [2.24, 2.45) is 0 Å². The minimum absolute atomic E-state index is 0.101. The van der Waals surface area contributed by atoms with Crippen LogP contribution in [0.25, 0.3) is 5.69 Å². The zero-order chi connectivity index (χ0) is 15.9. The Kier molecular flexibility index (Phi) is 5.19. The van der Waals surface area contributed by atoms with Crippen LogP contribution in [0.5, 0.6) is 0 Å². The first-order valence-corrected chi connectivity index (χ1v) is 7.83. The standard InChI is InChI=1S/C19H21N3O/c23-15-17-8-6-16(7-9-17)10-11-20-12-18-13-21-22(14-18)19-4-2-1-3-5-19/h1-9,13-14,20,23H,10-12,15H2. The Bertz CT molecular complexity index is 720. The van der Waals surface area contributed by atoms with Crippen LogP contribution in [0.3, 0.4) is 0 Å². The van der Waals surface area contributed by atoms with E-state index in [4.69, 9.17) is 5.11 Å². The van der Waals surface area contributed by atoms with Gasteiger partial charge < -0.3 is 10.4 Å². The molecule has 0 radical (unpaired) electrons. The Morgan fingerprint density at radius 3 is 2.39 bits per heavy atom. The zero-order valence-corrected chi connectivity index (χ0v) is 13.0. The smallest absolute Gasteiger partial charge is 0.0681 e. The number of aliphatic hydroxyl groups excluding tert-OH is 1. The van der Waals surface area contributed by atoms with Crippen LogP contribution >= 0.6 is 0 Å². The molecular weight excluding hydrogens is 286 g/mol. The molecular formula is C19H21N3O. The first-order valence-electron chi connectivity index (χ1n) is 7.83. The Hall–Kier alpha value is -2.43.